The third kappa shape index (κ3) is 3.46. The molecule has 2 atom stereocenters. The van der Waals surface area contributed by atoms with Gasteiger partial charge in [-0.05, 0) is 58.7 Å². The first-order valence-electron chi connectivity index (χ1n) is 6.83. The van der Waals surface area contributed by atoms with Crippen molar-refractivity contribution in [3.8, 4) is 0 Å². The van der Waals surface area contributed by atoms with Gasteiger partial charge in [-0.3, -0.25) is 0 Å². The van der Waals surface area contributed by atoms with Crippen molar-refractivity contribution in [1.29, 1.82) is 0 Å². The molecule has 1 N–H and O–H groups in total. The van der Waals surface area contributed by atoms with Gasteiger partial charge in [0.05, 0.1) is 0 Å². The highest BCUT2D eigenvalue weighted by molar-refractivity contribution is 4.78. The van der Waals surface area contributed by atoms with Crippen molar-refractivity contribution < 1.29 is 0 Å². The smallest absolute Gasteiger partial charge is 0.00797 e. The van der Waals surface area contributed by atoms with Crippen molar-refractivity contribution in [2.45, 2.75) is 64.0 Å². The van der Waals surface area contributed by atoms with Crippen LogP contribution < -0.4 is 5.32 Å². The van der Waals surface area contributed by atoms with Crippen LogP contribution in [0.1, 0.15) is 51.9 Å². The maximum Gasteiger partial charge on any atom is 0.00797 e. The summed E-state index contributed by atoms with van der Waals surface area (Å²) in [4.78, 5) is 2.72. The molecule has 2 aliphatic rings. The minimum absolute atomic E-state index is 0.820. The SMILES string of the molecule is CC1CCCCCN1CCC1CCCN1. The Kier molecular flexibility index (Phi) is 4.45. The first-order valence-corrected chi connectivity index (χ1v) is 6.83. The van der Waals surface area contributed by atoms with E-state index >= 15 is 0 Å². The van der Waals surface area contributed by atoms with Crippen molar-refractivity contribution in [1.82, 2.24) is 10.2 Å². The van der Waals surface area contributed by atoms with Crippen molar-refractivity contribution >= 4 is 0 Å². The third-order valence-electron chi connectivity index (χ3n) is 4.12. The molecule has 0 saturated carbocycles. The molecule has 2 unspecified atom stereocenters. The summed E-state index contributed by atoms with van der Waals surface area (Å²) in [6.45, 7) is 6.32. The largest absolute Gasteiger partial charge is 0.314 e. The Labute approximate surface area is 94.4 Å². The topological polar surface area (TPSA) is 15.3 Å². The molecule has 0 amide bonds. The molecule has 2 fully saturated rings. The second kappa shape index (κ2) is 5.86. The van der Waals surface area contributed by atoms with Gasteiger partial charge in [0.2, 0.25) is 0 Å². The van der Waals surface area contributed by atoms with Gasteiger partial charge in [0.25, 0.3) is 0 Å². The molecule has 2 heteroatoms. The Hall–Kier alpha value is -0.0800. The number of likely N-dealkylation sites (tertiary alicyclic amines) is 1. The van der Waals surface area contributed by atoms with E-state index in [1.165, 1.54) is 64.6 Å². The van der Waals surface area contributed by atoms with Crippen LogP contribution in [0.4, 0.5) is 0 Å². The highest BCUT2D eigenvalue weighted by atomic mass is 15.2. The zero-order valence-corrected chi connectivity index (χ0v) is 10.2. The van der Waals surface area contributed by atoms with Crippen molar-refractivity contribution in [3.63, 3.8) is 0 Å². The van der Waals surface area contributed by atoms with Crippen LogP contribution in [-0.2, 0) is 0 Å². The molecule has 2 nitrogen and oxygen atoms in total. The minimum atomic E-state index is 0.820. The summed E-state index contributed by atoms with van der Waals surface area (Å²) < 4.78 is 0. The molecule has 0 aromatic carbocycles. The normalized spacial score (nSPS) is 34.2. The van der Waals surface area contributed by atoms with Crippen LogP contribution in [0.25, 0.3) is 0 Å². The summed E-state index contributed by atoms with van der Waals surface area (Å²) in [5.41, 5.74) is 0. The average Bonchev–Trinajstić information content (AvgIpc) is 2.67. The van der Waals surface area contributed by atoms with E-state index < -0.39 is 0 Å². The van der Waals surface area contributed by atoms with Gasteiger partial charge in [-0.1, -0.05) is 12.8 Å². The molecule has 2 aliphatic heterocycles. The number of hydrogen-bond donors (Lipinski definition) is 1. The molecule has 0 bridgehead atoms. The fourth-order valence-corrected chi connectivity index (χ4v) is 2.99. The van der Waals surface area contributed by atoms with E-state index in [0.717, 1.165) is 12.1 Å². The van der Waals surface area contributed by atoms with Gasteiger partial charge < -0.3 is 10.2 Å². The predicted molar refractivity (Wildman–Crippen MR) is 65.1 cm³/mol. The summed E-state index contributed by atoms with van der Waals surface area (Å²) in [7, 11) is 0. The van der Waals surface area contributed by atoms with E-state index in [1.807, 2.05) is 0 Å². The van der Waals surface area contributed by atoms with Gasteiger partial charge in [0, 0.05) is 12.1 Å². The van der Waals surface area contributed by atoms with E-state index in [2.05, 4.69) is 17.1 Å². The predicted octanol–water partition coefficient (Wildman–Crippen LogP) is 2.39. The molecule has 0 aromatic heterocycles. The molecule has 15 heavy (non-hydrogen) atoms. The molecular weight excluding hydrogens is 184 g/mol. The van der Waals surface area contributed by atoms with E-state index in [0.29, 0.717) is 0 Å². The number of rotatable bonds is 3. The van der Waals surface area contributed by atoms with Gasteiger partial charge >= 0.3 is 0 Å². The maximum atomic E-state index is 3.60. The first kappa shape index (κ1) is 11.4. The molecular formula is C13H26N2. The molecule has 0 spiro atoms. The second-order valence-corrected chi connectivity index (χ2v) is 5.32. The van der Waals surface area contributed by atoms with Crippen LogP contribution in [0.3, 0.4) is 0 Å². The Balaban J connectivity index is 1.71. The monoisotopic (exact) mass is 210 g/mol. The van der Waals surface area contributed by atoms with Crippen LogP contribution in [0.2, 0.25) is 0 Å². The molecule has 0 aromatic rings. The van der Waals surface area contributed by atoms with E-state index in [9.17, 15) is 0 Å². The van der Waals surface area contributed by atoms with Gasteiger partial charge in [0.15, 0.2) is 0 Å². The fourth-order valence-electron chi connectivity index (χ4n) is 2.99. The lowest BCUT2D eigenvalue weighted by atomic mass is 10.1. The fraction of sp³-hybridized carbons (Fsp3) is 1.00. The van der Waals surface area contributed by atoms with Gasteiger partial charge in [0.1, 0.15) is 0 Å². The van der Waals surface area contributed by atoms with Crippen LogP contribution in [-0.4, -0.2) is 36.6 Å². The molecule has 88 valence electrons. The quantitative estimate of drug-likeness (QED) is 0.769. The van der Waals surface area contributed by atoms with E-state index in [1.54, 1.807) is 0 Å². The van der Waals surface area contributed by atoms with Crippen molar-refractivity contribution in [2.24, 2.45) is 0 Å². The summed E-state index contributed by atoms with van der Waals surface area (Å²) in [6, 6.07) is 1.65. The second-order valence-electron chi connectivity index (χ2n) is 5.32. The Morgan fingerprint density at radius 3 is 2.87 bits per heavy atom. The lowest BCUT2D eigenvalue weighted by Gasteiger charge is -2.28. The first-order chi connectivity index (χ1) is 7.36. The molecule has 2 heterocycles. The Bertz CT molecular complexity index is 175. The van der Waals surface area contributed by atoms with Gasteiger partial charge in [-0.15, -0.1) is 0 Å². The van der Waals surface area contributed by atoms with Gasteiger partial charge in [-0.25, -0.2) is 0 Å². The highest BCUT2D eigenvalue weighted by Crippen LogP contribution is 2.18. The standard InChI is InChI=1S/C13H26N2/c1-12-6-3-2-4-10-15(12)11-8-13-7-5-9-14-13/h12-14H,2-11H2,1H3. The van der Waals surface area contributed by atoms with Crippen molar-refractivity contribution in [2.75, 3.05) is 19.6 Å². The lowest BCUT2D eigenvalue weighted by molar-refractivity contribution is 0.204. The van der Waals surface area contributed by atoms with E-state index in [4.69, 9.17) is 0 Å². The summed E-state index contributed by atoms with van der Waals surface area (Å²) in [5, 5.41) is 3.60. The van der Waals surface area contributed by atoms with Crippen LogP contribution >= 0.6 is 0 Å². The van der Waals surface area contributed by atoms with Crippen LogP contribution in [0, 0.1) is 0 Å². The Morgan fingerprint density at radius 1 is 1.13 bits per heavy atom. The molecule has 0 radical (unpaired) electrons. The Morgan fingerprint density at radius 2 is 2.07 bits per heavy atom. The van der Waals surface area contributed by atoms with Crippen LogP contribution in [0.15, 0.2) is 0 Å². The number of hydrogen-bond acceptors (Lipinski definition) is 2. The van der Waals surface area contributed by atoms with Gasteiger partial charge in [-0.2, -0.15) is 0 Å². The van der Waals surface area contributed by atoms with E-state index in [-0.39, 0.29) is 0 Å². The molecule has 0 aliphatic carbocycles. The molecule has 2 saturated heterocycles. The summed E-state index contributed by atoms with van der Waals surface area (Å²) in [6.07, 6.45) is 9.88. The molecule has 2 rings (SSSR count). The zero-order chi connectivity index (χ0) is 10.5. The lowest BCUT2D eigenvalue weighted by Crippen LogP contribution is -2.36. The maximum absolute atomic E-state index is 3.60. The highest BCUT2D eigenvalue weighted by Gasteiger charge is 2.19. The van der Waals surface area contributed by atoms with Crippen molar-refractivity contribution in [3.05, 3.63) is 0 Å². The number of nitrogens with one attached hydrogen (secondary N) is 1. The minimum Gasteiger partial charge on any atom is -0.314 e. The van der Waals surface area contributed by atoms with Crippen LogP contribution in [0.5, 0.6) is 0 Å². The summed E-state index contributed by atoms with van der Waals surface area (Å²) in [5.74, 6) is 0. The average molecular weight is 210 g/mol. The summed E-state index contributed by atoms with van der Waals surface area (Å²) >= 11 is 0. The number of nitrogens with zero attached hydrogens (tertiary/aromatic N) is 1. The third-order valence-corrected chi connectivity index (χ3v) is 4.12. The zero-order valence-electron chi connectivity index (χ0n) is 10.2.